The van der Waals surface area contributed by atoms with Crippen molar-refractivity contribution in [2.75, 3.05) is 6.54 Å². The zero-order valence-electron chi connectivity index (χ0n) is 13.9. The monoisotopic (exact) mass is 273 g/mol. The van der Waals surface area contributed by atoms with Gasteiger partial charge in [-0.05, 0) is 63.5 Å². The second-order valence-electron chi connectivity index (χ2n) is 7.99. The fourth-order valence-electron chi connectivity index (χ4n) is 3.69. The molecule has 0 fully saturated rings. The third kappa shape index (κ3) is 3.63. The van der Waals surface area contributed by atoms with E-state index in [0.717, 1.165) is 12.5 Å². The van der Waals surface area contributed by atoms with Gasteiger partial charge in [-0.25, -0.2) is 0 Å². The number of aryl methyl sites for hydroxylation is 1. The van der Waals surface area contributed by atoms with E-state index in [9.17, 15) is 0 Å². The molecule has 0 saturated heterocycles. The zero-order chi connectivity index (χ0) is 14.8. The van der Waals surface area contributed by atoms with Crippen molar-refractivity contribution in [3.63, 3.8) is 0 Å². The minimum Gasteiger partial charge on any atom is -0.311 e. The number of fused-ring (bicyclic) bond motifs is 1. The van der Waals surface area contributed by atoms with Gasteiger partial charge in [-0.1, -0.05) is 38.1 Å². The normalized spacial score (nSPS) is 22.9. The molecule has 0 spiro atoms. The first-order valence-electron chi connectivity index (χ1n) is 8.16. The Balaban J connectivity index is 2.33. The molecule has 0 aromatic heterocycles. The Morgan fingerprint density at radius 1 is 1.20 bits per heavy atom. The van der Waals surface area contributed by atoms with Crippen molar-refractivity contribution in [1.82, 2.24) is 5.32 Å². The number of benzene rings is 1. The van der Waals surface area contributed by atoms with Gasteiger partial charge in [-0.15, -0.1) is 0 Å². The van der Waals surface area contributed by atoms with E-state index < -0.39 is 0 Å². The third-order valence-electron chi connectivity index (χ3n) is 4.45. The number of hydrogen-bond acceptors (Lipinski definition) is 1. The second kappa shape index (κ2) is 5.89. The van der Waals surface area contributed by atoms with E-state index in [0.29, 0.717) is 5.41 Å². The summed E-state index contributed by atoms with van der Waals surface area (Å²) in [6.07, 6.45) is 5.19. The molecule has 1 aromatic rings. The van der Waals surface area contributed by atoms with Crippen LogP contribution in [0.1, 0.15) is 65.0 Å². The van der Waals surface area contributed by atoms with Crippen molar-refractivity contribution >= 4 is 0 Å². The van der Waals surface area contributed by atoms with Crippen molar-refractivity contribution in [1.29, 1.82) is 0 Å². The summed E-state index contributed by atoms with van der Waals surface area (Å²) >= 11 is 0. The minimum absolute atomic E-state index is 0.191. The van der Waals surface area contributed by atoms with Crippen LogP contribution >= 0.6 is 0 Å². The summed E-state index contributed by atoms with van der Waals surface area (Å²) in [5, 5.41) is 3.78. The zero-order valence-corrected chi connectivity index (χ0v) is 13.9. The lowest BCUT2D eigenvalue weighted by Crippen LogP contribution is -2.48. The summed E-state index contributed by atoms with van der Waals surface area (Å²) in [5.74, 6) is 0.739. The van der Waals surface area contributed by atoms with Crippen molar-refractivity contribution in [2.24, 2.45) is 5.92 Å². The van der Waals surface area contributed by atoms with Gasteiger partial charge in [0.15, 0.2) is 0 Å². The first-order chi connectivity index (χ1) is 9.32. The smallest absolute Gasteiger partial charge is 0.00968 e. The molecule has 1 nitrogen and oxygen atoms in total. The van der Waals surface area contributed by atoms with Gasteiger partial charge in [0.1, 0.15) is 0 Å². The van der Waals surface area contributed by atoms with Crippen molar-refractivity contribution < 1.29 is 0 Å². The van der Waals surface area contributed by atoms with E-state index in [-0.39, 0.29) is 5.54 Å². The highest BCUT2D eigenvalue weighted by Crippen LogP contribution is 2.41. The van der Waals surface area contributed by atoms with Crippen LogP contribution in [0.15, 0.2) is 24.3 Å². The van der Waals surface area contributed by atoms with Gasteiger partial charge in [0.2, 0.25) is 0 Å². The molecular weight excluding hydrogens is 242 g/mol. The third-order valence-corrected chi connectivity index (χ3v) is 4.45. The molecule has 0 heterocycles. The van der Waals surface area contributed by atoms with E-state index >= 15 is 0 Å². The average molecular weight is 273 g/mol. The fourth-order valence-corrected chi connectivity index (χ4v) is 3.69. The predicted molar refractivity (Wildman–Crippen MR) is 88.3 cm³/mol. The molecule has 0 aliphatic heterocycles. The summed E-state index contributed by atoms with van der Waals surface area (Å²) in [6.45, 7) is 12.6. The van der Waals surface area contributed by atoms with Gasteiger partial charge >= 0.3 is 0 Å². The Labute approximate surface area is 125 Å². The molecule has 20 heavy (non-hydrogen) atoms. The van der Waals surface area contributed by atoms with Gasteiger partial charge in [0.05, 0.1) is 0 Å². The lowest BCUT2D eigenvalue weighted by atomic mass is 9.66. The Morgan fingerprint density at radius 3 is 2.55 bits per heavy atom. The van der Waals surface area contributed by atoms with Gasteiger partial charge in [0, 0.05) is 17.5 Å². The maximum atomic E-state index is 3.78. The molecule has 1 atom stereocenters. The molecule has 0 saturated carbocycles. The molecule has 1 aliphatic rings. The highest BCUT2D eigenvalue weighted by molar-refractivity contribution is 5.37. The van der Waals surface area contributed by atoms with Crippen LogP contribution in [0.4, 0.5) is 0 Å². The molecule has 1 N–H and O–H groups in total. The molecular formula is C19H31N. The highest BCUT2D eigenvalue weighted by Gasteiger charge is 2.37. The van der Waals surface area contributed by atoms with Crippen molar-refractivity contribution in [3.05, 3.63) is 35.4 Å². The summed E-state index contributed by atoms with van der Waals surface area (Å²) in [5.41, 5.74) is 3.71. The van der Waals surface area contributed by atoms with Crippen LogP contribution in [-0.2, 0) is 11.8 Å². The first kappa shape index (κ1) is 15.6. The number of rotatable bonds is 4. The number of hydrogen-bond donors (Lipinski definition) is 1. The SMILES string of the molecule is CC(C)CC1(CNC(C)(C)C)CCCc2ccccc21. The van der Waals surface area contributed by atoms with Gasteiger partial charge in [-0.3, -0.25) is 0 Å². The molecule has 0 bridgehead atoms. The maximum Gasteiger partial charge on any atom is 0.00968 e. The summed E-state index contributed by atoms with van der Waals surface area (Å²) in [7, 11) is 0. The van der Waals surface area contributed by atoms with Gasteiger partial charge in [0.25, 0.3) is 0 Å². The van der Waals surface area contributed by atoms with E-state index in [1.54, 1.807) is 11.1 Å². The van der Waals surface area contributed by atoms with Crippen molar-refractivity contribution in [2.45, 2.75) is 71.3 Å². The average Bonchev–Trinajstić information content (AvgIpc) is 2.35. The molecule has 2 rings (SSSR count). The summed E-state index contributed by atoms with van der Waals surface area (Å²) in [6, 6.07) is 9.12. The van der Waals surface area contributed by atoms with Crippen LogP contribution in [0.2, 0.25) is 0 Å². The molecule has 0 amide bonds. The first-order valence-corrected chi connectivity index (χ1v) is 8.16. The van der Waals surface area contributed by atoms with Crippen molar-refractivity contribution in [3.8, 4) is 0 Å². The molecule has 1 unspecified atom stereocenters. The van der Waals surface area contributed by atoms with Crippen LogP contribution in [-0.4, -0.2) is 12.1 Å². The fraction of sp³-hybridized carbons (Fsp3) is 0.684. The lowest BCUT2D eigenvalue weighted by Gasteiger charge is -2.42. The molecule has 1 aromatic carbocycles. The quantitative estimate of drug-likeness (QED) is 0.839. The maximum absolute atomic E-state index is 3.78. The van der Waals surface area contributed by atoms with E-state index in [1.165, 1.54) is 25.7 Å². The van der Waals surface area contributed by atoms with E-state index in [4.69, 9.17) is 0 Å². The standard InChI is InChI=1S/C19H31N/c1-15(2)13-19(14-20-18(3,4)5)12-8-10-16-9-6-7-11-17(16)19/h6-7,9,11,15,20H,8,10,12-14H2,1-5H3. The summed E-state index contributed by atoms with van der Waals surface area (Å²) < 4.78 is 0. The second-order valence-corrected chi connectivity index (χ2v) is 7.99. The molecule has 1 aliphatic carbocycles. The van der Waals surface area contributed by atoms with E-state index in [1.807, 2.05) is 0 Å². The van der Waals surface area contributed by atoms with Crippen LogP contribution in [0.25, 0.3) is 0 Å². The largest absolute Gasteiger partial charge is 0.311 e. The van der Waals surface area contributed by atoms with Crippen LogP contribution in [0.5, 0.6) is 0 Å². The number of nitrogens with one attached hydrogen (secondary N) is 1. The van der Waals surface area contributed by atoms with Crippen LogP contribution in [0, 0.1) is 5.92 Å². The molecule has 112 valence electrons. The Kier molecular flexibility index (Phi) is 4.59. The lowest BCUT2D eigenvalue weighted by molar-refractivity contribution is 0.254. The Hall–Kier alpha value is -0.820. The topological polar surface area (TPSA) is 12.0 Å². The van der Waals surface area contributed by atoms with E-state index in [2.05, 4.69) is 64.2 Å². The highest BCUT2D eigenvalue weighted by atomic mass is 15.0. The molecule has 0 radical (unpaired) electrons. The Morgan fingerprint density at radius 2 is 1.90 bits per heavy atom. The van der Waals surface area contributed by atoms with Gasteiger partial charge in [-0.2, -0.15) is 0 Å². The molecule has 1 heteroatoms. The minimum atomic E-state index is 0.191. The predicted octanol–water partition coefficient (Wildman–Crippen LogP) is 4.69. The van der Waals surface area contributed by atoms with Crippen LogP contribution < -0.4 is 5.32 Å². The summed E-state index contributed by atoms with van der Waals surface area (Å²) in [4.78, 5) is 0. The van der Waals surface area contributed by atoms with Crippen LogP contribution in [0.3, 0.4) is 0 Å². The Bertz CT molecular complexity index is 441. The van der Waals surface area contributed by atoms with Gasteiger partial charge < -0.3 is 5.32 Å².